The Morgan fingerprint density at radius 1 is 1.10 bits per heavy atom. The van der Waals surface area contributed by atoms with E-state index in [0.717, 1.165) is 33.6 Å². The molecule has 0 saturated carbocycles. The molecule has 1 heterocycles. The summed E-state index contributed by atoms with van der Waals surface area (Å²) in [5.41, 5.74) is 2.28. The summed E-state index contributed by atoms with van der Waals surface area (Å²) in [7, 11) is -4.14. The van der Waals surface area contributed by atoms with Crippen molar-refractivity contribution in [3.05, 3.63) is 58.2 Å². The number of hydrogen-bond donors (Lipinski definition) is 1. The maximum absolute atomic E-state index is 13.5. The number of aromatic nitrogens is 1. The predicted molar refractivity (Wildman–Crippen MR) is 125 cm³/mol. The first-order valence-electron chi connectivity index (χ1n) is 10.0. The Balaban J connectivity index is 2.07. The number of sulfonamides is 1. The number of carbonyl (C=O) groups excluding carboxylic acids is 1. The van der Waals surface area contributed by atoms with Crippen molar-refractivity contribution in [3.63, 3.8) is 0 Å². The number of H-pyrrole nitrogens is 1. The molecule has 166 valence electrons. The van der Waals surface area contributed by atoms with Crippen LogP contribution in [0.1, 0.15) is 32.3 Å². The lowest BCUT2D eigenvalue weighted by Crippen LogP contribution is -2.36. The maximum Gasteiger partial charge on any atom is 0.326 e. The molecule has 31 heavy (non-hydrogen) atoms. The summed E-state index contributed by atoms with van der Waals surface area (Å²) in [5.74, 6) is -0.630. The van der Waals surface area contributed by atoms with Gasteiger partial charge in [-0.2, -0.15) is 0 Å². The number of carbonyl (C=O) groups is 1. The molecule has 0 aliphatic rings. The van der Waals surface area contributed by atoms with Crippen molar-refractivity contribution in [1.29, 1.82) is 0 Å². The van der Waals surface area contributed by atoms with Crippen LogP contribution in [-0.4, -0.2) is 32.5 Å². The van der Waals surface area contributed by atoms with Crippen molar-refractivity contribution >= 4 is 55.8 Å². The number of aromatic amines is 1. The van der Waals surface area contributed by atoms with E-state index in [0.29, 0.717) is 12.1 Å². The third-order valence-corrected chi connectivity index (χ3v) is 7.07. The number of halogens is 2. The smallest absolute Gasteiger partial charge is 0.326 e. The molecule has 0 radical (unpaired) electrons. The second-order valence-corrected chi connectivity index (χ2v) is 9.82. The van der Waals surface area contributed by atoms with E-state index >= 15 is 0 Å². The fourth-order valence-corrected chi connectivity index (χ4v) is 5.36. The number of fused-ring (bicyclic) bond motifs is 1. The van der Waals surface area contributed by atoms with Crippen molar-refractivity contribution in [2.45, 2.75) is 38.0 Å². The highest BCUT2D eigenvalue weighted by molar-refractivity contribution is 7.92. The Labute approximate surface area is 192 Å². The summed E-state index contributed by atoms with van der Waals surface area (Å²) in [6, 6.07) is 9.27. The molecule has 0 bridgehead atoms. The van der Waals surface area contributed by atoms with Gasteiger partial charge in [0.25, 0.3) is 10.0 Å². The summed E-state index contributed by atoms with van der Waals surface area (Å²) in [4.78, 5) is 15.5. The van der Waals surface area contributed by atoms with Crippen LogP contribution in [-0.2, 0) is 26.0 Å². The van der Waals surface area contributed by atoms with E-state index in [9.17, 15) is 13.2 Å². The van der Waals surface area contributed by atoms with Gasteiger partial charge in [-0.15, -0.1) is 0 Å². The molecule has 0 unspecified atom stereocenters. The molecule has 1 N–H and O–H groups in total. The highest BCUT2D eigenvalue weighted by Gasteiger charge is 2.29. The van der Waals surface area contributed by atoms with Crippen LogP contribution in [0, 0.1) is 0 Å². The van der Waals surface area contributed by atoms with Crippen LogP contribution in [0.15, 0.2) is 47.5 Å². The molecule has 3 aromatic rings. The molecule has 3 rings (SSSR count). The lowest BCUT2D eigenvalue weighted by atomic mass is 10.1. The van der Waals surface area contributed by atoms with Crippen molar-refractivity contribution < 1.29 is 17.9 Å². The number of rotatable bonds is 9. The monoisotopic (exact) mass is 482 g/mol. The third-order valence-electron chi connectivity index (χ3n) is 4.88. The van der Waals surface area contributed by atoms with Crippen molar-refractivity contribution in [2.75, 3.05) is 17.5 Å². The number of ether oxygens (including phenoxy) is 1. The summed E-state index contributed by atoms with van der Waals surface area (Å²) in [5, 5.41) is 1.26. The van der Waals surface area contributed by atoms with E-state index < -0.39 is 22.5 Å². The minimum atomic E-state index is -4.14. The standard InChI is InChI=1S/C22H24Cl2N2O4S/c1-3-5-8-30-22(27)14-26(31(28,29)19-10-16(23)9-17(24)11-19)18-6-7-21-20(12-18)15(4-2)13-25-21/h6-7,9-13,25H,3-5,8,14H2,1-2H3. The van der Waals surface area contributed by atoms with E-state index in [1.807, 2.05) is 20.0 Å². The molecule has 0 atom stereocenters. The molecule has 0 saturated heterocycles. The average Bonchev–Trinajstić information content (AvgIpc) is 3.13. The van der Waals surface area contributed by atoms with E-state index in [-0.39, 0.29) is 21.5 Å². The van der Waals surface area contributed by atoms with Gasteiger partial charge in [0.1, 0.15) is 6.54 Å². The molecule has 1 aromatic heterocycles. The zero-order chi connectivity index (χ0) is 22.6. The van der Waals surface area contributed by atoms with Gasteiger partial charge in [-0.3, -0.25) is 9.10 Å². The Morgan fingerprint density at radius 3 is 2.45 bits per heavy atom. The Morgan fingerprint density at radius 2 is 1.81 bits per heavy atom. The van der Waals surface area contributed by atoms with Gasteiger partial charge in [0.15, 0.2) is 0 Å². The zero-order valence-corrected chi connectivity index (χ0v) is 19.6. The highest BCUT2D eigenvalue weighted by Crippen LogP contribution is 2.31. The highest BCUT2D eigenvalue weighted by atomic mass is 35.5. The van der Waals surface area contributed by atoms with Gasteiger partial charge in [0, 0.05) is 27.1 Å². The Hall–Kier alpha value is -2.22. The minimum absolute atomic E-state index is 0.101. The molecule has 0 spiro atoms. The third kappa shape index (κ3) is 5.34. The minimum Gasteiger partial charge on any atom is -0.464 e. The summed E-state index contributed by atoms with van der Waals surface area (Å²) in [6.07, 6.45) is 4.24. The quantitative estimate of drug-likeness (QED) is 0.319. The van der Waals surface area contributed by atoms with Crippen molar-refractivity contribution in [3.8, 4) is 0 Å². The van der Waals surface area contributed by atoms with Crippen LogP contribution in [0.4, 0.5) is 5.69 Å². The summed E-state index contributed by atoms with van der Waals surface area (Å²) < 4.78 is 33.3. The number of esters is 1. The molecule has 0 aliphatic heterocycles. The second-order valence-electron chi connectivity index (χ2n) is 7.09. The Bertz CT molecular complexity index is 1170. The average molecular weight is 483 g/mol. The van der Waals surface area contributed by atoms with Crippen LogP contribution < -0.4 is 4.31 Å². The first-order chi connectivity index (χ1) is 14.8. The summed E-state index contributed by atoms with van der Waals surface area (Å²) in [6.45, 7) is 3.77. The van der Waals surface area contributed by atoms with Gasteiger partial charge in [0.2, 0.25) is 0 Å². The van der Waals surface area contributed by atoms with E-state index in [1.165, 1.54) is 18.2 Å². The molecule has 2 aromatic carbocycles. The fourth-order valence-electron chi connectivity index (χ4n) is 3.23. The second kappa shape index (κ2) is 9.94. The Kier molecular flexibility index (Phi) is 7.51. The zero-order valence-electron chi connectivity index (χ0n) is 17.3. The van der Waals surface area contributed by atoms with Crippen LogP contribution in [0.25, 0.3) is 10.9 Å². The maximum atomic E-state index is 13.5. The van der Waals surface area contributed by atoms with E-state index in [2.05, 4.69) is 4.98 Å². The fraction of sp³-hybridized carbons (Fsp3) is 0.318. The van der Waals surface area contributed by atoms with Crippen molar-refractivity contribution in [2.24, 2.45) is 0 Å². The first-order valence-corrected chi connectivity index (χ1v) is 12.2. The number of hydrogen-bond acceptors (Lipinski definition) is 4. The largest absolute Gasteiger partial charge is 0.464 e. The number of nitrogens with zero attached hydrogens (tertiary/aromatic N) is 1. The van der Waals surface area contributed by atoms with E-state index in [1.54, 1.807) is 18.2 Å². The van der Waals surface area contributed by atoms with E-state index in [4.69, 9.17) is 27.9 Å². The number of aryl methyl sites for hydroxylation is 1. The number of anilines is 1. The first kappa shape index (κ1) is 23.4. The SMILES string of the molecule is CCCCOC(=O)CN(c1ccc2[nH]cc(CC)c2c1)S(=O)(=O)c1cc(Cl)cc(Cl)c1. The van der Waals surface area contributed by atoms with Gasteiger partial charge < -0.3 is 9.72 Å². The number of unbranched alkanes of at least 4 members (excludes halogenated alkanes) is 1. The van der Waals surface area contributed by atoms with Gasteiger partial charge >= 0.3 is 5.97 Å². The molecular formula is C22H24Cl2N2O4S. The number of nitrogens with one attached hydrogen (secondary N) is 1. The van der Waals surface area contributed by atoms with Crippen LogP contribution >= 0.6 is 23.2 Å². The molecule has 6 nitrogen and oxygen atoms in total. The predicted octanol–water partition coefficient (Wildman–Crippen LogP) is 5.58. The molecule has 0 amide bonds. The van der Waals surface area contributed by atoms with Crippen LogP contribution in [0.2, 0.25) is 10.0 Å². The molecular weight excluding hydrogens is 459 g/mol. The topological polar surface area (TPSA) is 79.5 Å². The molecule has 0 aliphatic carbocycles. The number of benzene rings is 2. The lowest BCUT2D eigenvalue weighted by molar-refractivity contribution is -0.141. The lowest BCUT2D eigenvalue weighted by Gasteiger charge is -2.24. The van der Waals surface area contributed by atoms with Gasteiger partial charge in [-0.1, -0.05) is 43.5 Å². The van der Waals surface area contributed by atoms with Crippen LogP contribution in [0.3, 0.4) is 0 Å². The van der Waals surface area contributed by atoms with Gasteiger partial charge in [0.05, 0.1) is 17.2 Å². The van der Waals surface area contributed by atoms with Crippen molar-refractivity contribution in [1.82, 2.24) is 4.98 Å². The normalized spacial score (nSPS) is 11.6. The van der Waals surface area contributed by atoms with Gasteiger partial charge in [-0.05, 0) is 54.8 Å². The van der Waals surface area contributed by atoms with Crippen LogP contribution in [0.5, 0.6) is 0 Å². The molecule has 9 heteroatoms. The van der Waals surface area contributed by atoms with Gasteiger partial charge in [-0.25, -0.2) is 8.42 Å². The molecule has 0 fully saturated rings. The summed E-state index contributed by atoms with van der Waals surface area (Å²) >= 11 is 12.1.